The van der Waals surface area contributed by atoms with Crippen molar-refractivity contribution in [2.45, 2.75) is 117 Å². The first kappa shape index (κ1) is 29.0. The van der Waals surface area contributed by atoms with Crippen molar-refractivity contribution in [1.82, 2.24) is 4.98 Å². The third-order valence-corrected chi connectivity index (χ3v) is 8.94. The number of fused-ring (bicyclic) bond motifs is 1. The summed E-state index contributed by atoms with van der Waals surface area (Å²) in [5, 5.41) is 25.0. The van der Waals surface area contributed by atoms with E-state index in [1.54, 1.807) is 39.0 Å². The van der Waals surface area contributed by atoms with Crippen molar-refractivity contribution in [2.24, 2.45) is 17.3 Å². The molecule has 5 atom stereocenters. The number of Topliss-reactive ketones (excluding diaryl/α,β-unsaturated/α-hetero) is 1. The molecule has 0 saturated carbocycles. The molecule has 0 radical (unpaired) electrons. The number of esters is 1. The Hall–Kier alpha value is -1.61. The average Bonchev–Trinajstić information content (AvgIpc) is 3.23. The Bertz CT molecular complexity index is 982. The minimum absolute atomic E-state index is 0.0477. The summed E-state index contributed by atoms with van der Waals surface area (Å²) in [5.74, 6) is -4.11. The fourth-order valence-corrected chi connectivity index (χ4v) is 5.89. The van der Waals surface area contributed by atoms with Gasteiger partial charge in [0.05, 0.1) is 28.3 Å². The predicted octanol–water partition coefficient (Wildman–Crippen LogP) is 5.22. The molecule has 2 fully saturated rings. The molecule has 0 amide bonds. The van der Waals surface area contributed by atoms with Crippen molar-refractivity contribution >= 4 is 29.2 Å². The van der Waals surface area contributed by atoms with E-state index in [1.807, 2.05) is 25.3 Å². The molecule has 8 heteroatoms. The fraction of sp³-hybridized carbons (Fsp3) is 0.750. The van der Waals surface area contributed by atoms with Crippen molar-refractivity contribution in [3.8, 4) is 0 Å². The summed E-state index contributed by atoms with van der Waals surface area (Å²) in [6.45, 7) is 13.1. The highest BCUT2D eigenvalue weighted by atomic mass is 32.1. The zero-order valence-corrected chi connectivity index (χ0v) is 23.6. The van der Waals surface area contributed by atoms with Crippen molar-refractivity contribution in [2.75, 3.05) is 0 Å². The van der Waals surface area contributed by atoms with Crippen LogP contribution in [0.25, 0.3) is 6.08 Å². The van der Waals surface area contributed by atoms with Crippen LogP contribution in [0.4, 0.5) is 0 Å². The molecule has 7 nitrogen and oxygen atoms in total. The molecule has 1 aromatic rings. The number of nitrogens with zero attached hydrogens (tertiary/aromatic N) is 1. The Morgan fingerprint density at radius 3 is 2.56 bits per heavy atom. The van der Waals surface area contributed by atoms with E-state index >= 15 is 0 Å². The molecule has 2 aliphatic heterocycles. The second-order valence-electron chi connectivity index (χ2n) is 11.6. The standard InChI is InChI=1S/C28H43NO6S/c1-8-21-25(31)26(5,6)13-11-24(30)34-22(17(2)14-20-16-36-19(4)29-20)15-23-27(7,35-23)12-9-10-18(3)28(21,32)33/h14,16,18,21-23,32-33H,8-13,15H2,1-7H3. The number of cyclic esters (lactones) is 1. The molecule has 1 aromatic heterocycles. The lowest BCUT2D eigenvalue weighted by molar-refractivity contribution is -0.234. The van der Waals surface area contributed by atoms with E-state index < -0.39 is 29.1 Å². The minimum Gasteiger partial charge on any atom is -0.458 e. The zero-order valence-electron chi connectivity index (χ0n) is 22.8. The molecular weight excluding hydrogens is 478 g/mol. The topological polar surface area (TPSA) is 109 Å². The van der Waals surface area contributed by atoms with Crippen LogP contribution in [0.2, 0.25) is 0 Å². The first-order chi connectivity index (χ1) is 16.7. The van der Waals surface area contributed by atoms with Gasteiger partial charge in [-0.15, -0.1) is 11.3 Å². The highest BCUT2D eigenvalue weighted by Gasteiger charge is 2.53. The number of carbonyl (C=O) groups excluding carboxylic acids is 2. The molecule has 5 unspecified atom stereocenters. The summed E-state index contributed by atoms with van der Waals surface area (Å²) < 4.78 is 12.0. The maximum atomic E-state index is 13.4. The van der Waals surface area contributed by atoms with Gasteiger partial charge >= 0.3 is 5.97 Å². The van der Waals surface area contributed by atoms with Gasteiger partial charge in [0.15, 0.2) is 5.79 Å². The van der Waals surface area contributed by atoms with Crippen LogP contribution in [-0.4, -0.2) is 50.5 Å². The van der Waals surface area contributed by atoms with E-state index in [9.17, 15) is 19.8 Å². The summed E-state index contributed by atoms with van der Waals surface area (Å²) in [6.07, 6.45) is 4.73. The third-order valence-electron chi connectivity index (χ3n) is 8.15. The minimum atomic E-state index is -2.10. The Kier molecular flexibility index (Phi) is 8.86. The molecule has 0 bridgehead atoms. The first-order valence-corrected chi connectivity index (χ1v) is 14.0. The van der Waals surface area contributed by atoms with E-state index in [-0.39, 0.29) is 36.3 Å². The number of rotatable bonds is 3. The second-order valence-corrected chi connectivity index (χ2v) is 12.7. The van der Waals surface area contributed by atoms with Crippen molar-refractivity contribution in [1.29, 1.82) is 0 Å². The number of hydrogen-bond acceptors (Lipinski definition) is 8. The van der Waals surface area contributed by atoms with Gasteiger partial charge in [0.2, 0.25) is 0 Å². The lowest BCUT2D eigenvalue weighted by Gasteiger charge is -2.39. The SMILES string of the molecule is CCC1C(=O)C(C)(C)CCC(=O)OC(C(C)=Cc2csc(C)n2)CC2OC2(C)CCCC(C)C1(O)O. The van der Waals surface area contributed by atoms with Gasteiger partial charge in [0, 0.05) is 29.6 Å². The van der Waals surface area contributed by atoms with Crippen LogP contribution in [0.3, 0.4) is 0 Å². The van der Waals surface area contributed by atoms with Crippen LogP contribution in [-0.2, 0) is 19.1 Å². The largest absolute Gasteiger partial charge is 0.458 e. The molecule has 2 N–H and O–H groups in total. The van der Waals surface area contributed by atoms with Crippen LogP contribution in [0.1, 0.15) is 97.2 Å². The first-order valence-electron chi connectivity index (χ1n) is 13.2. The average molecular weight is 522 g/mol. The predicted molar refractivity (Wildman–Crippen MR) is 140 cm³/mol. The number of thiazole rings is 1. The van der Waals surface area contributed by atoms with Gasteiger partial charge in [-0.05, 0) is 58.1 Å². The van der Waals surface area contributed by atoms with Crippen LogP contribution in [0, 0.1) is 24.2 Å². The van der Waals surface area contributed by atoms with E-state index in [0.29, 0.717) is 19.3 Å². The van der Waals surface area contributed by atoms with Gasteiger partial charge in [0.25, 0.3) is 0 Å². The molecule has 3 rings (SSSR count). The number of hydrogen-bond donors (Lipinski definition) is 2. The maximum absolute atomic E-state index is 13.4. The third kappa shape index (κ3) is 6.63. The normalized spacial score (nSPS) is 34.1. The summed E-state index contributed by atoms with van der Waals surface area (Å²) in [6, 6.07) is 0. The maximum Gasteiger partial charge on any atom is 0.306 e. The number of aryl methyl sites for hydroxylation is 1. The molecule has 0 aromatic carbocycles. The van der Waals surface area contributed by atoms with Crippen LogP contribution in [0.15, 0.2) is 11.0 Å². The quantitative estimate of drug-likeness (QED) is 0.319. The van der Waals surface area contributed by atoms with Crippen LogP contribution >= 0.6 is 11.3 Å². The Morgan fingerprint density at radius 2 is 1.94 bits per heavy atom. The Balaban J connectivity index is 1.85. The summed E-state index contributed by atoms with van der Waals surface area (Å²) in [7, 11) is 0. The fourth-order valence-electron chi connectivity index (χ4n) is 5.32. The molecule has 0 aliphatic carbocycles. The summed E-state index contributed by atoms with van der Waals surface area (Å²) >= 11 is 1.57. The van der Waals surface area contributed by atoms with Gasteiger partial charge in [-0.25, -0.2) is 4.98 Å². The molecule has 36 heavy (non-hydrogen) atoms. The number of ketones is 1. The number of epoxide rings is 1. The monoisotopic (exact) mass is 521 g/mol. The number of aliphatic hydroxyl groups is 2. The Morgan fingerprint density at radius 1 is 1.25 bits per heavy atom. The summed E-state index contributed by atoms with van der Waals surface area (Å²) in [4.78, 5) is 30.9. The Labute approximate surface area is 219 Å². The molecule has 3 heterocycles. The van der Waals surface area contributed by atoms with E-state index in [2.05, 4.69) is 11.9 Å². The van der Waals surface area contributed by atoms with Gasteiger partial charge in [-0.1, -0.05) is 34.1 Å². The lowest BCUT2D eigenvalue weighted by atomic mass is 9.71. The van der Waals surface area contributed by atoms with Gasteiger partial charge < -0.3 is 19.7 Å². The van der Waals surface area contributed by atoms with Crippen molar-refractivity contribution in [3.63, 3.8) is 0 Å². The summed E-state index contributed by atoms with van der Waals surface area (Å²) in [5.41, 5.74) is 0.520. The number of aromatic nitrogens is 1. The number of carbonyl (C=O) groups is 2. The van der Waals surface area contributed by atoms with E-state index in [1.165, 1.54) is 0 Å². The van der Waals surface area contributed by atoms with Gasteiger partial charge in [-0.3, -0.25) is 9.59 Å². The zero-order chi connectivity index (χ0) is 26.9. The molecule has 2 aliphatic rings. The van der Waals surface area contributed by atoms with Crippen molar-refractivity contribution in [3.05, 3.63) is 21.7 Å². The van der Waals surface area contributed by atoms with Gasteiger partial charge in [0.1, 0.15) is 11.9 Å². The van der Waals surface area contributed by atoms with E-state index in [4.69, 9.17) is 9.47 Å². The number of ether oxygens (including phenoxy) is 2. The smallest absolute Gasteiger partial charge is 0.306 e. The van der Waals surface area contributed by atoms with Crippen LogP contribution < -0.4 is 0 Å². The molecule has 0 spiro atoms. The lowest BCUT2D eigenvalue weighted by Crippen LogP contribution is -2.50. The highest BCUT2D eigenvalue weighted by molar-refractivity contribution is 7.09. The molecular formula is C28H43NO6S. The molecule has 202 valence electrons. The van der Waals surface area contributed by atoms with E-state index in [0.717, 1.165) is 29.1 Å². The van der Waals surface area contributed by atoms with Crippen LogP contribution in [0.5, 0.6) is 0 Å². The van der Waals surface area contributed by atoms with Crippen molar-refractivity contribution < 1.29 is 29.3 Å². The highest BCUT2D eigenvalue weighted by Crippen LogP contribution is 2.45. The van der Waals surface area contributed by atoms with Gasteiger partial charge in [-0.2, -0.15) is 0 Å². The second kappa shape index (κ2) is 11.0. The molecule has 2 saturated heterocycles.